The Morgan fingerprint density at radius 2 is 0.929 bits per heavy atom. The lowest BCUT2D eigenvalue weighted by Gasteiger charge is -2.09. The summed E-state index contributed by atoms with van der Waals surface area (Å²) < 4.78 is 12.3. The summed E-state index contributed by atoms with van der Waals surface area (Å²) in [5, 5.41) is 6.58. The lowest BCUT2D eigenvalue weighted by atomic mass is 10.0. The van der Waals surface area contributed by atoms with Crippen molar-refractivity contribution in [3.63, 3.8) is 0 Å². The molecule has 9 rings (SSSR count). The van der Waals surface area contributed by atoms with Crippen molar-refractivity contribution < 1.29 is 8.83 Å². The van der Waals surface area contributed by atoms with Crippen LogP contribution < -0.4 is 0 Å². The molecule has 0 N–H and O–H groups in total. The van der Waals surface area contributed by atoms with Gasteiger partial charge in [0.25, 0.3) is 0 Å². The van der Waals surface area contributed by atoms with E-state index in [0.29, 0.717) is 17.5 Å². The molecule has 0 atom stereocenters. The molecule has 9 aromatic rings. The molecule has 0 aliphatic heterocycles. The Morgan fingerprint density at radius 3 is 1.74 bits per heavy atom. The quantitative estimate of drug-likeness (QED) is 0.224. The van der Waals surface area contributed by atoms with Crippen LogP contribution in [0.3, 0.4) is 0 Å². The number of benzene rings is 6. The van der Waals surface area contributed by atoms with Crippen molar-refractivity contribution in [3.05, 3.63) is 127 Å². The second-order valence-electron chi connectivity index (χ2n) is 10.5. The minimum absolute atomic E-state index is 0.591. The Bertz CT molecular complexity index is 2470. The van der Waals surface area contributed by atoms with Crippen molar-refractivity contribution >= 4 is 54.6 Å². The van der Waals surface area contributed by atoms with Gasteiger partial charge in [0.2, 0.25) is 0 Å². The van der Waals surface area contributed by atoms with Gasteiger partial charge in [0.1, 0.15) is 22.3 Å². The van der Waals surface area contributed by atoms with Gasteiger partial charge in [-0.05, 0) is 47.2 Å². The van der Waals surface area contributed by atoms with E-state index in [1.165, 1.54) is 0 Å². The van der Waals surface area contributed by atoms with Gasteiger partial charge in [-0.1, -0.05) is 91.0 Å². The van der Waals surface area contributed by atoms with Crippen LogP contribution >= 0.6 is 0 Å². The van der Waals surface area contributed by atoms with Crippen LogP contribution in [-0.2, 0) is 0 Å². The smallest absolute Gasteiger partial charge is 0.164 e. The minimum atomic E-state index is 0.591. The molecule has 0 bridgehead atoms. The van der Waals surface area contributed by atoms with Gasteiger partial charge >= 0.3 is 0 Å². The first kappa shape index (κ1) is 22.9. The summed E-state index contributed by atoms with van der Waals surface area (Å²) >= 11 is 0. The van der Waals surface area contributed by atoms with E-state index in [4.69, 9.17) is 23.8 Å². The first-order chi connectivity index (χ1) is 20.8. The molecule has 3 aromatic heterocycles. The summed E-state index contributed by atoms with van der Waals surface area (Å²) in [6, 6.07) is 42.9. The van der Waals surface area contributed by atoms with E-state index in [1.807, 2.05) is 78.9 Å². The van der Waals surface area contributed by atoms with Gasteiger partial charge in [-0.2, -0.15) is 0 Å². The van der Waals surface area contributed by atoms with Crippen molar-refractivity contribution in [2.45, 2.75) is 0 Å². The zero-order valence-electron chi connectivity index (χ0n) is 22.3. The molecule has 196 valence electrons. The van der Waals surface area contributed by atoms with Crippen molar-refractivity contribution in [3.8, 4) is 34.2 Å². The van der Waals surface area contributed by atoms with Crippen molar-refractivity contribution in [1.29, 1.82) is 0 Å². The highest BCUT2D eigenvalue weighted by Gasteiger charge is 2.16. The third kappa shape index (κ3) is 3.54. The molecule has 0 fully saturated rings. The number of rotatable bonds is 3. The molecule has 42 heavy (non-hydrogen) atoms. The number of aromatic nitrogens is 3. The average Bonchev–Trinajstić information content (AvgIpc) is 3.63. The van der Waals surface area contributed by atoms with Crippen LogP contribution in [0, 0.1) is 0 Å². The van der Waals surface area contributed by atoms with E-state index in [1.54, 1.807) is 0 Å². The van der Waals surface area contributed by atoms with Gasteiger partial charge in [0, 0.05) is 38.2 Å². The first-order valence-electron chi connectivity index (χ1n) is 13.9. The molecule has 0 amide bonds. The molecule has 6 aromatic carbocycles. The van der Waals surface area contributed by atoms with E-state index in [2.05, 4.69) is 48.5 Å². The fourth-order valence-electron chi connectivity index (χ4n) is 5.90. The van der Waals surface area contributed by atoms with Crippen LogP contribution in [0.2, 0.25) is 0 Å². The molecular weight excluding hydrogens is 518 g/mol. The summed E-state index contributed by atoms with van der Waals surface area (Å²) in [5.74, 6) is 1.82. The van der Waals surface area contributed by atoms with E-state index in [0.717, 1.165) is 71.3 Å². The molecule has 0 aliphatic rings. The van der Waals surface area contributed by atoms with Crippen molar-refractivity contribution in [2.75, 3.05) is 0 Å². The zero-order chi connectivity index (χ0) is 27.6. The van der Waals surface area contributed by atoms with E-state index in [-0.39, 0.29) is 0 Å². The third-order valence-corrected chi connectivity index (χ3v) is 7.92. The monoisotopic (exact) mass is 539 g/mol. The average molecular weight is 540 g/mol. The molecular formula is C37H21N3O2. The topological polar surface area (TPSA) is 65.0 Å². The van der Waals surface area contributed by atoms with Gasteiger partial charge in [-0.25, -0.2) is 15.0 Å². The molecule has 5 nitrogen and oxygen atoms in total. The molecule has 0 unspecified atom stereocenters. The van der Waals surface area contributed by atoms with Gasteiger partial charge in [-0.15, -0.1) is 0 Å². The van der Waals surface area contributed by atoms with E-state index >= 15 is 0 Å². The molecule has 3 heterocycles. The van der Waals surface area contributed by atoms with Crippen LogP contribution in [0.15, 0.2) is 136 Å². The highest BCUT2D eigenvalue weighted by molar-refractivity contribution is 6.19. The highest BCUT2D eigenvalue weighted by atomic mass is 16.3. The lowest BCUT2D eigenvalue weighted by molar-refractivity contribution is 0.668. The molecule has 0 saturated carbocycles. The lowest BCUT2D eigenvalue weighted by Crippen LogP contribution is -2.00. The number of furan rings is 2. The normalized spacial score (nSPS) is 11.8. The number of para-hydroxylation sites is 2. The predicted octanol–water partition coefficient (Wildman–Crippen LogP) is 9.82. The third-order valence-electron chi connectivity index (χ3n) is 7.92. The summed E-state index contributed by atoms with van der Waals surface area (Å²) in [7, 11) is 0. The first-order valence-corrected chi connectivity index (χ1v) is 13.9. The van der Waals surface area contributed by atoms with Crippen LogP contribution in [0.4, 0.5) is 0 Å². The molecule has 0 spiro atoms. The van der Waals surface area contributed by atoms with Gasteiger partial charge in [-0.3, -0.25) is 0 Å². The zero-order valence-corrected chi connectivity index (χ0v) is 22.3. The number of hydrogen-bond acceptors (Lipinski definition) is 5. The summed E-state index contributed by atoms with van der Waals surface area (Å²) in [4.78, 5) is 14.9. The molecule has 0 aliphatic carbocycles. The van der Waals surface area contributed by atoms with Crippen molar-refractivity contribution in [2.24, 2.45) is 0 Å². The molecule has 5 heteroatoms. The van der Waals surface area contributed by atoms with Crippen LogP contribution in [0.5, 0.6) is 0 Å². The Kier molecular flexibility index (Phi) is 4.83. The SMILES string of the molecule is c1ccc(-c2nc(-c3ccc4c(c3)oc3ccccc34)nc(-c3ccc4ccc5oc6ccccc6c5c4c3)n2)cc1. The predicted molar refractivity (Wildman–Crippen MR) is 168 cm³/mol. The maximum absolute atomic E-state index is 6.18. The van der Waals surface area contributed by atoms with Crippen LogP contribution in [-0.4, -0.2) is 15.0 Å². The van der Waals surface area contributed by atoms with E-state index in [9.17, 15) is 0 Å². The Balaban J connectivity index is 1.27. The summed E-state index contributed by atoms with van der Waals surface area (Å²) in [6.07, 6.45) is 0. The van der Waals surface area contributed by atoms with Crippen molar-refractivity contribution in [1.82, 2.24) is 15.0 Å². The summed E-state index contributed by atoms with van der Waals surface area (Å²) in [6.45, 7) is 0. The Hall–Kier alpha value is -5.81. The minimum Gasteiger partial charge on any atom is -0.456 e. The maximum atomic E-state index is 6.18. The largest absolute Gasteiger partial charge is 0.456 e. The van der Waals surface area contributed by atoms with E-state index < -0.39 is 0 Å². The Morgan fingerprint density at radius 1 is 0.357 bits per heavy atom. The van der Waals surface area contributed by atoms with Gasteiger partial charge in [0.15, 0.2) is 17.5 Å². The Labute approximate surface area is 239 Å². The fourth-order valence-corrected chi connectivity index (χ4v) is 5.90. The number of hydrogen-bond donors (Lipinski definition) is 0. The van der Waals surface area contributed by atoms with Crippen LogP contribution in [0.1, 0.15) is 0 Å². The summed E-state index contributed by atoms with van der Waals surface area (Å²) in [5.41, 5.74) is 6.10. The second kappa shape index (κ2) is 8.85. The molecule has 0 saturated heterocycles. The highest BCUT2D eigenvalue weighted by Crippen LogP contribution is 2.37. The number of fused-ring (bicyclic) bond motifs is 8. The standard InChI is InChI=1S/C37H21N3O2/c1-2-8-23(9-3-1)35-38-36(40-37(39-35)25-16-18-27-26-10-4-6-12-30(26)42-33(27)21-25)24-15-14-22-17-19-32-34(29(22)20-24)28-11-5-7-13-31(28)41-32/h1-21H. The fraction of sp³-hybridized carbons (Fsp3) is 0. The van der Waals surface area contributed by atoms with Crippen LogP contribution in [0.25, 0.3) is 88.8 Å². The van der Waals surface area contributed by atoms with Gasteiger partial charge in [0.05, 0.1) is 0 Å². The number of nitrogens with zero attached hydrogens (tertiary/aromatic N) is 3. The maximum Gasteiger partial charge on any atom is 0.164 e. The molecule has 0 radical (unpaired) electrons. The second-order valence-corrected chi connectivity index (χ2v) is 10.5. The van der Waals surface area contributed by atoms with Gasteiger partial charge < -0.3 is 8.83 Å².